The van der Waals surface area contributed by atoms with E-state index in [-0.39, 0.29) is 11.7 Å². The number of thioether (sulfide) groups is 1. The van der Waals surface area contributed by atoms with E-state index < -0.39 is 5.91 Å². The zero-order valence-electron chi connectivity index (χ0n) is 14.0. The van der Waals surface area contributed by atoms with Crippen LogP contribution in [0.3, 0.4) is 0 Å². The fraction of sp³-hybridized carbons (Fsp3) is 0.294. The summed E-state index contributed by atoms with van der Waals surface area (Å²) < 4.78 is 0. The van der Waals surface area contributed by atoms with Crippen LogP contribution in [0.2, 0.25) is 0 Å². The van der Waals surface area contributed by atoms with Gasteiger partial charge in [0.2, 0.25) is 5.91 Å². The number of thiophene rings is 2. The molecular formula is C17H16N4O2S3. The van der Waals surface area contributed by atoms with Gasteiger partial charge in [-0.15, -0.1) is 22.7 Å². The molecule has 3 aromatic rings. The number of aryl methyl sites for hydroxylation is 3. The second-order valence-electron chi connectivity index (χ2n) is 5.98. The van der Waals surface area contributed by atoms with Gasteiger partial charge in [-0.2, -0.15) is 0 Å². The largest absolute Gasteiger partial charge is 0.366 e. The molecule has 0 spiro atoms. The maximum Gasteiger partial charge on any atom is 0.251 e. The number of hydrogen-bond acceptors (Lipinski definition) is 7. The number of hydrogen-bond donors (Lipinski definition) is 2. The van der Waals surface area contributed by atoms with Gasteiger partial charge in [0.25, 0.3) is 5.91 Å². The van der Waals surface area contributed by atoms with Crippen LogP contribution >= 0.6 is 34.4 Å². The van der Waals surface area contributed by atoms with Crippen molar-refractivity contribution < 1.29 is 9.59 Å². The average Bonchev–Trinajstić information content (AvgIpc) is 3.27. The van der Waals surface area contributed by atoms with Gasteiger partial charge in [0, 0.05) is 10.3 Å². The van der Waals surface area contributed by atoms with Crippen LogP contribution in [-0.4, -0.2) is 27.5 Å². The summed E-state index contributed by atoms with van der Waals surface area (Å²) >= 11 is 4.44. The molecule has 0 bridgehead atoms. The van der Waals surface area contributed by atoms with Gasteiger partial charge in [-0.25, -0.2) is 9.97 Å². The molecule has 4 rings (SSSR count). The number of rotatable bonds is 5. The molecule has 0 atom stereocenters. The minimum absolute atomic E-state index is 0.184. The van der Waals surface area contributed by atoms with E-state index in [0.29, 0.717) is 10.6 Å². The predicted molar refractivity (Wildman–Crippen MR) is 106 cm³/mol. The monoisotopic (exact) mass is 404 g/mol. The van der Waals surface area contributed by atoms with Crippen molar-refractivity contribution in [2.75, 3.05) is 11.1 Å². The Hall–Kier alpha value is -1.97. The van der Waals surface area contributed by atoms with Crippen LogP contribution in [0.15, 0.2) is 16.5 Å². The van der Waals surface area contributed by atoms with Crippen LogP contribution in [0.4, 0.5) is 5.00 Å². The van der Waals surface area contributed by atoms with E-state index >= 15 is 0 Å². The van der Waals surface area contributed by atoms with Crippen molar-refractivity contribution >= 4 is 61.5 Å². The van der Waals surface area contributed by atoms with Gasteiger partial charge in [0.05, 0.1) is 11.3 Å². The van der Waals surface area contributed by atoms with Crippen LogP contribution in [-0.2, 0) is 17.6 Å². The van der Waals surface area contributed by atoms with Crippen molar-refractivity contribution in [2.45, 2.75) is 31.2 Å². The summed E-state index contributed by atoms with van der Waals surface area (Å²) in [6.45, 7) is 1.87. The molecule has 0 radical (unpaired) electrons. The molecule has 0 fully saturated rings. The Kier molecular flexibility index (Phi) is 4.68. The highest BCUT2D eigenvalue weighted by atomic mass is 32.2. The van der Waals surface area contributed by atoms with Gasteiger partial charge in [-0.1, -0.05) is 11.8 Å². The minimum Gasteiger partial charge on any atom is -0.366 e. The number of fused-ring (bicyclic) bond motifs is 3. The molecule has 0 aliphatic heterocycles. The Morgan fingerprint density at radius 2 is 2.19 bits per heavy atom. The van der Waals surface area contributed by atoms with Crippen molar-refractivity contribution in [3.05, 3.63) is 33.3 Å². The van der Waals surface area contributed by atoms with Crippen molar-refractivity contribution in [3.63, 3.8) is 0 Å². The van der Waals surface area contributed by atoms with Gasteiger partial charge >= 0.3 is 0 Å². The van der Waals surface area contributed by atoms with Crippen LogP contribution in [0, 0.1) is 6.92 Å². The zero-order valence-corrected chi connectivity index (χ0v) is 16.4. The Morgan fingerprint density at radius 1 is 1.35 bits per heavy atom. The highest BCUT2D eigenvalue weighted by molar-refractivity contribution is 8.00. The lowest BCUT2D eigenvalue weighted by molar-refractivity contribution is -0.113. The van der Waals surface area contributed by atoms with Crippen LogP contribution in [0.5, 0.6) is 0 Å². The number of nitrogens with zero attached hydrogens (tertiary/aromatic N) is 2. The third-order valence-electron chi connectivity index (χ3n) is 4.17. The zero-order chi connectivity index (χ0) is 18.3. The number of nitrogens with one attached hydrogen (secondary N) is 1. The van der Waals surface area contributed by atoms with Gasteiger partial charge in [0.1, 0.15) is 20.7 Å². The number of amides is 2. The smallest absolute Gasteiger partial charge is 0.251 e. The first-order valence-electron chi connectivity index (χ1n) is 8.11. The molecule has 0 saturated heterocycles. The summed E-state index contributed by atoms with van der Waals surface area (Å²) in [7, 11) is 0. The standard InChI is InChI=1S/C17H16N4O2S3/c1-8-19-16(13-9-3-2-4-11(9)26-17(13)20-8)25-7-12(22)21-15-10(14(18)23)5-6-24-15/h5-6H,2-4,7H2,1H3,(H2,18,23)(H,21,22). The summed E-state index contributed by atoms with van der Waals surface area (Å²) in [6.07, 6.45) is 3.33. The molecule has 26 heavy (non-hydrogen) atoms. The third kappa shape index (κ3) is 3.22. The molecule has 3 heterocycles. The van der Waals surface area contributed by atoms with Crippen LogP contribution < -0.4 is 11.1 Å². The van der Waals surface area contributed by atoms with Gasteiger partial charge in [0.15, 0.2) is 0 Å². The first kappa shape index (κ1) is 17.4. The van der Waals surface area contributed by atoms with Gasteiger partial charge < -0.3 is 11.1 Å². The second kappa shape index (κ2) is 6.98. The second-order valence-corrected chi connectivity index (χ2v) is 8.94. The van der Waals surface area contributed by atoms with E-state index in [1.165, 1.54) is 40.0 Å². The van der Waals surface area contributed by atoms with E-state index in [2.05, 4.69) is 15.3 Å². The van der Waals surface area contributed by atoms with Crippen molar-refractivity contribution in [2.24, 2.45) is 5.73 Å². The Morgan fingerprint density at radius 3 is 3.00 bits per heavy atom. The molecule has 134 valence electrons. The van der Waals surface area contributed by atoms with Gasteiger partial charge in [-0.05, 0) is 43.2 Å². The van der Waals surface area contributed by atoms with Crippen molar-refractivity contribution in [3.8, 4) is 0 Å². The molecule has 0 unspecified atom stereocenters. The number of carbonyl (C=O) groups is 2. The summed E-state index contributed by atoms with van der Waals surface area (Å²) in [5, 5.41) is 6.96. The molecule has 2 amide bonds. The van der Waals surface area contributed by atoms with E-state index in [0.717, 1.165) is 33.9 Å². The molecule has 1 aliphatic carbocycles. The fourth-order valence-electron chi connectivity index (χ4n) is 3.07. The van der Waals surface area contributed by atoms with Crippen LogP contribution in [0.1, 0.15) is 33.0 Å². The molecule has 3 aromatic heterocycles. The molecular weight excluding hydrogens is 388 g/mol. The minimum atomic E-state index is -0.545. The molecule has 0 saturated carbocycles. The first-order chi connectivity index (χ1) is 12.5. The number of primary amides is 1. The SMILES string of the molecule is Cc1nc(SCC(=O)Nc2sccc2C(N)=O)c2c3c(sc2n1)CCC3. The highest BCUT2D eigenvalue weighted by Gasteiger charge is 2.22. The third-order valence-corrected chi connectivity index (χ3v) is 7.16. The summed E-state index contributed by atoms with van der Waals surface area (Å²) in [4.78, 5) is 35.2. The van der Waals surface area contributed by atoms with Crippen molar-refractivity contribution in [1.82, 2.24) is 9.97 Å². The highest BCUT2D eigenvalue weighted by Crippen LogP contribution is 2.40. The van der Waals surface area contributed by atoms with Crippen LogP contribution in [0.25, 0.3) is 10.2 Å². The summed E-state index contributed by atoms with van der Waals surface area (Å²) in [5.74, 6) is 0.203. The Balaban J connectivity index is 1.53. The Bertz CT molecular complexity index is 1020. The van der Waals surface area contributed by atoms with Gasteiger partial charge in [-0.3, -0.25) is 9.59 Å². The summed E-state index contributed by atoms with van der Waals surface area (Å²) in [6, 6.07) is 1.61. The van der Waals surface area contributed by atoms with E-state index in [9.17, 15) is 9.59 Å². The number of anilines is 1. The number of carbonyl (C=O) groups excluding carboxylic acids is 2. The Labute approximate surface area is 162 Å². The van der Waals surface area contributed by atoms with E-state index in [1.54, 1.807) is 22.8 Å². The predicted octanol–water partition coefficient (Wildman–Crippen LogP) is 3.38. The molecule has 1 aliphatic rings. The topological polar surface area (TPSA) is 98.0 Å². The molecule has 3 N–H and O–H groups in total. The number of aromatic nitrogens is 2. The fourth-order valence-corrected chi connectivity index (χ4v) is 6.15. The first-order valence-corrected chi connectivity index (χ1v) is 10.8. The number of nitrogens with two attached hydrogens (primary N) is 1. The normalized spacial score (nSPS) is 13.1. The lowest BCUT2D eigenvalue weighted by Crippen LogP contribution is -2.17. The molecule has 0 aromatic carbocycles. The maximum absolute atomic E-state index is 12.3. The quantitative estimate of drug-likeness (QED) is 0.502. The van der Waals surface area contributed by atoms with E-state index in [4.69, 9.17) is 5.73 Å². The lowest BCUT2D eigenvalue weighted by Gasteiger charge is -2.07. The average molecular weight is 405 g/mol. The molecule has 6 nitrogen and oxygen atoms in total. The van der Waals surface area contributed by atoms with E-state index in [1.807, 2.05) is 6.92 Å². The molecule has 9 heteroatoms. The summed E-state index contributed by atoms with van der Waals surface area (Å²) in [5.41, 5.74) is 7.00. The lowest BCUT2D eigenvalue weighted by atomic mass is 10.2. The van der Waals surface area contributed by atoms with Crippen molar-refractivity contribution in [1.29, 1.82) is 0 Å². The maximum atomic E-state index is 12.3.